The van der Waals surface area contributed by atoms with E-state index < -0.39 is 0 Å². The Bertz CT molecular complexity index is 1430. The minimum Gasteiger partial charge on any atom is -0.489 e. The van der Waals surface area contributed by atoms with Gasteiger partial charge in [0.2, 0.25) is 11.8 Å². The van der Waals surface area contributed by atoms with Crippen LogP contribution in [-0.4, -0.2) is 100 Å². The van der Waals surface area contributed by atoms with Crippen LogP contribution in [0.2, 0.25) is 0 Å². The first-order valence-electron chi connectivity index (χ1n) is 12.9. The van der Waals surface area contributed by atoms with Gasteiger partial charge in [0.25, 0.3) is 5.89 Å². The summed E-state index contributed by atoms with van der Waals surface area (Å²) in [6.45, 7) is 3.83. The van der Waals surface area contributed by atoms with Crippen LogP contribution < -0.4 is 20.3 Å². The van der Waals surface area contributed by atoms with E-state index in [1.54, 1.807) is 19.5 Å². The smallest absolute Gasteiger partial charge is 0.266 e. The zero-order valence-electron chi connectivity index (χ0n) is 21.9. The molecule has 2 aliphatic rings. The predicted octanol–water partition coefficient (Wildman–Crippen LogP) is 1.71. The summed E-state index contributed by atoms with van der Waals surface area (Å²) in [5.74, 6) is 2.04. The van der Waals surface area contributed by atoms with Gasteiger partial charge in [0.05, 0.1) is 19.0 Å². The molecule has 0 amide bonds. The fourth-order valence-corrected chi connectivity index (χ4v) is 5.44. The first-order chi connectivity index (χ1) is 19.0. The SMILES string of the molecule is COCCOc1cnc(N2CCN3[C@H](CC[C@H]3CN(C)c3cc4nc(-c5ncco5)nn4c(N)n3)C2)c(F)c1. The molecule has 206 valence electrons. The second kappa shape index (κ2) is 10.6. The summed E-state index contributed by atoms with van der Waals surface area (Å²) in [6, 6.07) is 3.93. The van der Waals surface area contributed by atoms with E-state index in [4.69, 9.17) is 19.6 Å². The van der Waals surface area contributed by atoms with Crippen molar-refractivity contribution in [2.45, 2.75) is 24.9 Å². The second-order valence-electron chi connectivity index (χ2n) is 9.78. The standard InChI is InChI=1S/C25H31FN10O3/c1-33(20-12-21-30-22(24-28-5-8-39-24)32-36(21)25(27)31-20)14-16-3-4-17-15-34(6-7-35(16)17)23-19(26)11-18(13-29-23)38-10-9-37-2/h5,8,11-13,16-17H,3-4,6-7,9-10,14-15H2,1-2H3,(H2,27,31)/t16-,17+/m0/s1. The van der Waals surface area contributed by atoms with Crippen LogP contribution in [0.15, 0.2) is 35.2 Å². The summed E-state index contributed by atoms with van der Waals surface area (Å²) >= 11 is 0. The van der Waals surface area contributed by atoms with E-state index in [9.17, 15) is 4.39 Å². The van der Waals surface area contributed by atoms with E-state index in [0.717, 1.165) is 32.5 Å². The molecule has 0 radical (unpaired) electrons. The fraction of sp³-hybridized carbons (Fsp3) is 0.480. The van der Waals surface area contributed by atoms with Crippen LogP contribution in [0.5, 0.6) is 5.75 Å². The lowest BCUT2D eigenvalue weighted by Crippen LogP contribution is -2.54. The molecule has 0 aromatic carbocycles. The molecule has 6 rings (SSSR count). The topological polar surface area (TPSA) is 136 Å². The number of piperazine rings is 1. The summed E-state index contributed by atoms with van der Waals surface area (Å²) in [6.07, 6.45) is 6.67. The van der Waals surface area contributed by atoms with E-state index in [0.29, 0.717) is 66.6 Å². The number of pyridine rings is 1. The first kappa shape index (κ1) is 25.2. The van der Waals surface area contributed by atoms with Gasteiger partial charge < -0.3 is 29.4 Å². The lowest BCUT2D eigenvalue weighted by Gasteiger charge is -2.41. The molecule has 4 aromatic rings. The maximum atomic E-state index is 14.9. The Kier molecular flexibility index (Phi) is 6.87. The number of hydrogen-bond acceptors (Lipinski definition) is 12. The monoisotopic (exact) mass is 538 g/mol. The molecule has 2 N–H and O–H groups in total. The highest BCUT2D eigenvalue weighted by molar-refractivity contribution is 5.58. The van der Waals surface area contributed by atoms with Gasteiger partial charge in [-0.15, -0.1) is 5.10 Å². The number of ether oxygens (including phenoxy) is 2. The van der Waals surface area contributed by atoms with Crippen molar-refractivity contribution in [3.8, 4) is 17.5 Å². The number of nitrogens with two attached hydrogens (primary N) is 1. The van der Waals surface area contributed by atoms with Crippen LogP contribution >= 0.6 is 0 Å². The molecular formula is C25H31FN10O3. The molecule has 0 spiro atoms. The average molecular weight is 539 g/mol. The zero-order valence-corrected chi connectivity index (χ0v) is 21.9. The molecule has 0 saturated carbocycles. The van der Waals surface area contributed by atoms with Gasteiger partial charge >= 0.3 is 0 Å². The largest absolute Gasteiger partial charge is 0.489 e. The molecule has 4 aromatic heterocycles. The van der Waals surface area contributed by atoms with Crippen molar-refractivity contribution in [1.29, 1.82) is 0 Å². The Morgan fingerprint density at radius 3 is 2.87 bits per heavy atom. The molecule has 2 aliphatic heterocycles. The highest BCUT2D eigenvalue weighted by Crippen LogP contribution is 2.32. The number of nitrogens with zero attached hydrogens (tertiary/aromatic N) is 9. The third kappa shape index (κ3) is 5.04. The fourth-order valence-electron chi connectivity index (χ4n) is 5.44. The molecule has 14 heteroatoms. The lowest BCUT2D eigenvalue weighted by molar-refractivity contribution is 0.146. The summed E-state index contributed by atoms with van der Waals surface area (Å²) in [5.41, 5.74) is 6.77. The van der Waals surface area contributed by atoms with E-state index in [2.05, 4.69) is 34.8 Å². The molecule has 2 fully saturated rings. The van der Waals surface area contributed by atoms with Crippen molar-refractivity contribution in [2.24, 2.45) is 0 Å². The normalized spacial score (nSPS) is 19.5. The van der Waals surface area contributed by atoms with Crippen LogP contribution in [-0.2, 0) is 4.74 Å². The van der Waals surface area contributed by atoms with E-state index >= 15 is 0 Å². The number of halogens is 1. The summed E-state index contributed by atoms with van der Waals surface area (Å²) in [7, 11) is 3.60. The molecule has 2 saturated heterocycles. The Balaban J connectivity index is 1.10. The number of aromatic nitrogens is 6. The molecule has 0 aliphatic carbocycles. The number of oxazole rings is 1. The Morgan fingerprint density at radius 2 is 2.08 bits per heavy atom. The number of methoxy groups -OCH3 is 1. The van der Waals surface area contributed by atoms with Gasteiger partial charge in [-0.05, 0) is 12.8 Å². The van der Waals surface area contributed by atoms with Crippen LogP contribution in [0.4, 0.5) is 22.0 Å². The van der Waals surface area contributed by atoms with Crippen LogP contribution in [0.3, 0.4) is 0 Å². The maximum absolute atomic E-state index is 14.9. The second-order valence-corrected chi connectivity index (χ2v) is 9.78. The van der Waals surface area contributed by atoms with E-state index in [1.165, 1.54) is 16.8 Å². The van der Waals surface area contributed by atoms with Crippen molar-refractivity contribution < 1.29 is 18.3 Å². The highest BCUT2D eigenvalue weighted by Gasteiger charge is 2.38. The van der Waals surface area contributed by atoms with Crippen LogP contribution in [0.1, 0.15) is 12.8 Å². The van der Waals surface area contributed by atoms with Crippen molar-refractivity contribution >= 4 is 23.2 Å². The number of nitrogen functional groups attached to an aromatic ring is 1. The van der Waals surface area contributed by atoms with E-state index in [1.807, 2.05) is 18.0 Å². The van der Waals surface area contributed by atoms with Crippen molar-refractivity contribution in [1.82, 2.24) is 34.4 Å². The molecule has 6 heterocycles. The van der Waals surface area contributed by atoms with Gasteiger partial charge in [-0.25, -0.2) is 19.3 Å². The third-order valence-electron chi connectivity index (χ3n) is 7.32. The third-order valence-corrected chi connectivity index (χ3v) is 7.32. The summed E-state index contributed by atoms with van der Waals surface area (Å²) in [5, 5.41) is 4.36. The average Bonchev–Trinajstić information content (AvgIpc) is 3.69. The Hall–Kier alpha value is -4.04. The lowest BCUT2D eigenvalue weighted by atomic mass is 10.1. The van der Waals surface area contributed by atoms with Gasteiger partial charge in [0.15, 0.2) is 17.3 Å². The highest BCUT2D eigenvalue weighted by atomic mass is 19.1. The molecule has 0 bridgehead atoms. The summed E-state index contributed by atoms with van der Waals surface area (Å²) in [4.78, 5) is 24.2. The minimum absolute atomic E-state index is 0.238. The number of likely N-dealkylation sites (N-methyl/N-ethyl adjacent to an activating group) is 1. The van der Waals surface area contributed by atoms with Gasteiger partial charge in [-0.3, -0.25) is 4.90 Å². The van der Waals surface area contributed by atoms with Crippen molar-refractivity contribution in [3.63, 3.8) is 0 Å². The van der Waals surface area contributed by atoms with Crippen molar-refractivity contribution in [3.05, 3.63) is 36.6 Å². The van der Waals surface area contributed by atoms with Gasteiger partial charge in [0, 0.05) is 64.6 Å². The number of anilines is 3. The maximum Gasteiger partial charge on any atom is 0.266 e. The first-order valence-corrected chi connectivity index (χ1v) is 12.9. The number of rotatable bonds is 9. The minimum atomic E-state index is -0.369. The Morgan fingerprint density at radius 1 is 1.18 bits per heavy atom. The van der Waals surface area contributed by atoms with E-state index in [-0.39, 0.29) is 11.8 Å². The zero-order chi connectivity index (χ0) is 26.9. The quantitative estimate of drug-likeness (QED) is 0.311. The number of fused-ring (bicyclic) bond motifs is 2. The molecule has 0 unspecified atom stereocenters. The number of hydrogen-bond donors (Lipinski definition) is 1. The van der Waals surface area contributed by atoms with Gasteiger partial charge in [0.1, 0.15) is 24.4 Å². The molecule has 2 atom stereocenters. The molecular weight excluding hydrogens is 507 g/mol. The predicted molar refractivity (Wildman–Crippen MR) is 141 cm³/mol. The van der Waals surface area contributed by atoms with Crippen LogP contribution in [0.25, 0.3) is 17.4 Å². The molecule has 13 nitrogen and oxygen atoms in total. The Labute approximate surface area is 224 Å². The van der Waals surface area contributed by atoms with Crippen LogP contribution in [0, 0.1) is 5.82 Å². The van der Waals surface area contributed by atoms with Gasteiger partial charge in [-0.1, -0.05) is 0 Å². The van der Waals surface area contributed by atoms with Gasteiger partial charge in [-0.2, -0.15) is 9.50 Å². The summed E-state index contributed by atoms with van der Waals surface area (Å²) < 4.78 is 32.1. The molecule has 39 heavy (non-hydrogen) atoms. The van der Waals surface area contributed by atoms with Crippen molar-refractivity contribution in [2.75, 3.05) is 69.1 Å².